The molecular weight excluding hydrogens is 214 g/mol. The quantitative estimate of drug-likeness (QED) is 0.871. The first kappa shape index (κ1) is 13.7. The summed E-state index contributed by atoms with van der Waals surface area (Å²) < 4.78 is 0. The minimum atomic E-state index is -0.793. The maximum Gasteiger partial charge on any atom is 0.317 e. The predicted octanol–water partition coefficient (Wildman–Crippen LogP) is 2.50. The van der Waals surface area contributed by atoms with Gasteiger partial charge in [-0.2, -0.15) is 0 Å². The van der Waals surface area contributed by atoms with Crippen molar-refractivity contribution in [1.82, 2.24) is 4.90 Å². The van der Waals surface area contributed by atoms with Gasteiger partial charge in [0, 0.05) is 6.54 Å². The van der Waals surface area contributed by atoms with Crippen LogP contribution in [-0.4, -0.2) is 29.6 Å². The van der Waals surface area contributed by atoms with Crippen LogP contribution < -0.4 is 0 Å². The van der Waals surface area contributed by atoms with Crippen molar-refractivity contribution in [3.8, 4) is 0 Å². The third-order valence-electron chi connectivity index (χ3n) is 2.68. The van der Waals surface area contributed by atoms with E-state index in [1.54, 1.807) is 4.90 Å². The highest BCUT2D eigenvalue weighted by molar-refractivity contribution is 5.69. The van der Waals surface area contributed by atoms with Crippen molar-refractivity contribution >= 4 is 5.97 Å². The molecule has 0 aliphatic rings. The summed E-state index contributed by atoms with van der Waals surface area (Å²) in [5.41, 5.74) is 2.59. The Morgan fingerprint density at radius 3 is 2.18 bits per heavy atom. The Balaban J connectivity index is 2.66. The summed E-state index contributed by atoms with van der Waals surface area (Å²) in [4.78, 5) is 12.3. The average Bonchev–Trinajstić information content (AvgIpc) is 2.15. The summed E-state index contributed by atoms with van der Waals surface area (Å²) in [6, 6.07) is 8.37. The first-order valence-corrected chi connectivity index (χ1v) is 5.79. The first-order valence-electron chi connectivity index (χ1n) is 5.79. The molecule has 0 heterocycles. The van der Waals surface area contributed by atoms with Crippen LogP contribution in [0.25, 0.3) is 0 Å². The van der Waals surface area contributed by atoms with Crippen molar-refractivity contribution in [2.45, 2.75) is 32.7 Å². The van der Waals surface area contributed by atoms with E-state index in [2.05, 4.69) is 45.0 Å². The number of likely N-dealkylation sites (N-methyl/N-ethyl adjacent to an activating group) is 1. The van der Waals surface area contributed by atoms with Gasteiger partial charge in [0.05, 0.1) is 6.54 Å². The number of hydrogen-bond donors (Lipinski definition) is 1. The molecule has 0 saturated heterocycles. The second kappa shape index (κ2) is 5.32. The van der Waals surface area contributed by atoms with Crippen molar-refractivity contribution in [2.24, 2.45) is 0 Å². The zero-order valence-corrected chi connectivity index (χ0v) is 11.0. The monoisotopic (exact) mass is 235 g/mol. The molecular formula is C14H21NO2. The maximum atomic E-state index is 10.5. The van der Waals surface area contributed by atoms with Gasteiger partial charge >= 0.3 is 5.97 Å². The Kier molecular flexibility index (Phi) is 4.29. The van der Waals surface area contributed by atoms with E-state index in [9.17, 15) is 4.79 Å². The molecule has 0 bridgehead atoms. The van der Waals surface area contributed by atoms with Crippen LogP contribution in [0.4, 0.5) is 0 Å². The van der Waals surface area contributed by atoms with Crippen LogP contribution in [0.1, 0.15) is 31.9 Å². The molecule has 1 aromatic carbocycles. The molecule has 94 valence electrons. The van der Waals surface area contributed by atoms with E-state index in [1.807, 2.05) is 7.05 Å². The number of nitrogens with zero attached hydrogens (tertiary/aromatic N) is 1. The molecule has 17 heavy (non-hydrogen) atoms. The number of carbonyl (C=O) groups is 1. The molecule has 1 N–H and O–H groups in total. The third-order valence-corrected chi connectivity index (χ3v) is 2.68. The van der Waals surface area contributed by atoms with Crippen LogP contribution in [-0.2, 0) is 16.8 Å². The van der Waals surface area contributed by atoms with Gasteiger partial charge in [0.2, 0.25) is 0 Å². The fourth-order valence-corrected chi connectivity index (χ4v) is 1.71. The van der Waals surface area contributed by atoms with E-state index >= 15 is 0 Å². The molecule has 0 aliphatic carbocycles. The largest absolute Gasteiger partial charge is 0.480 e. The number of carboxylic acids is 1. The van der Waals surface area contributed by atoms with Gasteiger partial charge in [-0.15, -0.1) is 0 Å². The van der Waals surface area contributed by atoms with Crippen LogP contribution in [0.5, 0.6) is 0 Å². The summed E-state index contributed by atoms with van der Waals surface area (Å²) in [6.45, 7) is 7.27. The highest BCUT2D eigenvalue weighted by Gasteiger charge is 2.13. The van der Waals surface area contributed by atoms with Gasteiger partial charge in [0.1, 0.15) is 0 Å². The zero-order valence-electron chi connectivity index (χ0n) is 11.0. The highest BCUT2D eigenvalue weighted by Crippen LogP contribution is 2.22. The van der Waals surface area contributed by atoms with Crippen molar-refractivity contribution in [3.05, 3.63) is 35.4 Å². The van der Waals surface area contributed by atoms with E-state index < -0.39 is 5.97 Å². The summed E-state index contributed by atoms with van der Waals surface area (Å²) in [6.07, 6.45) is 0. The molecule has 3 nitrogen and oxygen atoms in total. The topological polar surface area (TPSA) is 40.5 Å². The molecule has 0 fully saturated rings. The number of benzene rings is 1. The Labute approximate surface area is 103 Å². The van der Waals surface area contributed by atoms with E-state index in [0.29, 0.717) is 6.54 Å². The molecule has 3 heteroatoms. The van der Waals surface area contributed by atoms with E-state index in [-0.39, 0.29) is 12.0 Å². The average molecular weight is 235 g/mol. The molecule has 1 aromatic rings. The predicted molar refractivity (Wildman–Crippen MR) is 69.1 cm³/mol. The highest BCUT2D eigenvalue weighted by atomic mass is 16.4. The summed E-state index contributed by atoms with van der Waals surface area (Å²) in [5, 5.41) is 8.67. The fourth-order valence-electron chi connectivity index (χ4n) is 1.71. The lowest BCUT2D eigenvalue weighted by Crippen LogP contribution is -2.25. The molecule has 0 aliphatic heterocycles. The molecule has 0 spiro atoms. The van der Waals surface area contributed by atoms with Crippen molar-refractivity contribution in [2.75, 3.05) is 13.6 Å². The van der Waals surface area contributed by atoms with Crippen molar-refractivity contribution < 1.29 is 9.90 Å². The number of carboxylic acid groups (broad SMARTS) is 1. The minimum absolute atomic E-state index is 0.0705. The van der Waals surface area contributed by atoms with Crippen LogP contribution in [0.15, 0.2) is 24.3 Å². The number of hydrogen-bond acceptors (Lipinski definition) is 2. The van der Waals surface area contributed by atoms with Gasteiger partial charge < -0.3 is 5.11 Å². The van der Waals surface area contributed by atoms with Gasteiger partial charge in [-0.3, -0.25) is 9.69 Å². The van der Waals surface area contributed by atoms with Crippen LogP contribution >= 0.6 is 0 Å². The van der Waals surface area contributed by atoms with Crippen LogP contribution in [0.2, 0.25) is 0 Å². The van der Waals surface area contributed by atoms with Gasteiger partial charge in [-0.25, -0.2) is 0 Å². The molecule has 0 atom stereocenters. The second-order valence-electron chi connectivity index (χ2n) is 5.51. The van der Waals surface area contributed by atoms with E-state index in [1.165, 1.54) is 5.56 Å². The van der Waals surface area contributed by atoms with Crippen molar-refractivity contribution in [1.29, 1.82) is 0 Å². The van der Waals surface area contributed by atoms with Crippen LogP contribution in [0, 0.1) is 0 Å². The lowest BCUT2D eigenvalue weighted by molar-refractivity contribution is -0.138. The molecule has 1 rings (SSSR count). The fraction of sp³-hybridized carbons (Fsp3) is 0.500. The lowest BCUT2D eigenvalue weighted by Gasteiger charge is -2.20. The van der Waals surface area contributed by atoms with E-state index in [4.69, 9.17) is 5.11 Å². The van der Waals surface area contributed by atoms with Gasteiger partial charge in [0.15, 0.2) is 0 Å². The molecule has 0 unspecified atom stereocenters. The summed E-state index contributed by atoms with van der Waals surface area (Å²) in [5.74, 6) is -0.793. The Morgan fingerprint density at radius 2 is 1.76 bits per heavy atom. The van der Waals surface area contributed by atoms with Gasteiger partial charge in [-0.05, 0) is 23.6 Å². The Morgan fingerprint density at radius 1 is 1.24 bits per heavy atom. The van der Waals surface area contributed by atoms with Gasteiger partial charge in [-0.1, -0.05) is 45.0 Å². The standard InChI is InChI=1S/C14H21NO2/c1-14(2,3)12-7-5-11(6-8-12)9-15(4)10-13(16)17/h5-8H,9-10H2,1-4H3,(H,16,17). The summed E-state index contributed by atoms with van der Waals surface area (Å²) in [7, 11) is 1.81. The Hall–Kier alpha value is -1.35. The first-order chi connectivity index (χ1) is 7.79. The van der Waals surface area contributed by atoms with Gasteiger partial charge in [0.25, 0.3) is 0 Å². The van der Waals surface area contributed by atoms with Crippen molar-refractivity contribution in [3.63, 3.8) is 0 Å². The maximum absolute atomic E-state index is 10.5. The van der Waals surface area contributed by atoms with Crippen LogP contribution in [0.3, 0.4) is 0 Å². The second-order valence-corrected chi connectivity index (χ2v) is 5.51. The molecule has 0 amide bonds. The molecule has 0 saturated carbocycles. The SMILES string of the molecule is CN(CC(=O)O)Cc1ccc(C(C)(C)C)cc1. The minimum Gasteiger partial charge on any atom is -0.480 e. The lowest BCUT2D eigenvalue weighted by atomic mass is 9.87. The zero-order chi connectivity index (χ0) is 13.1. The number of rotatable bonds is 4. The molecule has 0 radical (unpaired) electrons. The Bertz CT molecular complexity index is 376. The summed E-state index contributed by atoms with van der Waals surface area (Å²) >= 11 is 0. The number of aliphatic carboxylic acids is 1. The smallest absolute Gasteiger partial charge is 0.317 e. The molecule has 0 aromatic heterocycles. The van der Waals surface area contributed by atoms with E-state index in [0.717, 1.165) is 5.56 Å². The third kappa shape index (κ3) is 4.57. The normalized spacial score (nSPS) is 11.8.